The molecule has 31 heavy (non-hydrogen) atoms. The van der Waals surface area contributed by atoms with Crippen LogP contribution < -0.4 is 4.74 Å². The van der Waals surface area contributed by atoms with E-state index in [0.717, 1.165) is 32.4 Å². The van der Waals surface area contributed by atoms with Crippen LogP contribution in [-0.4, -0.2) is 21.3 Å². The fourth-order valence-electron chi connectivity index (χ4n) is 3.71. The van der Waals surface area contributed by atoms with Crippen LogP contribution in [0.4, 0.5) is 4.39 Å². The van der Waals surface area contributed by atoms with Crippen LogP contribution in [0.25, 0.3) is 16.1 Å². The van der Waals surface area contributed by atoms with Crippen LogP contribution in [0.1, 0.15) is 46.9 Å². The molecular weight excluding hydrogens is 411 g/mol. The molecule has 160 valence electrons. The number of imidazole rings is 1. The standard InChI is InChI=1S/C25H25FN2O2S/c1-15(2)30-20-9-7-19(8-10-20)21-11-5-18(13-22(21)26)6-12-23(29)24-17(4)27-25-28(24)14-16(3)31-25/h5,7-11,13-15H,6,12H2,1-4H3. The van der Waals surface area contributed by atoms with E-state index in [1.807, 2.05) is 68.6 Å². The molecule has 0 aliphatic heterocycles. The third kappa shape index (κ3) is 4.54. The number of hydrogen-bond acceptors (Lipinski definition) is 4. The molecule has 0 saturated carbocycles. The summed E-state index contributed by atoms with van der Waals surface area (Å²) in [6.07, 6.45) is 2.83. The van der Waals surface area contributed by atoms with Crippen LogP contribution in [0.2, 0.25) is 0 Å². The van der Waals surface area contributed by atoms with Gasteiger partial charge in [-0.05, 0) is 63.4 Å². The van der Waals surface area contributed by atoms with Crippen LogP contribution in [0.3, 0.4) is 0 Å². The van der Waals surface area contributed by atoms with E-state index < -0.39 is 0 Å². The number of rotatable bonds is 7. The quantitative estimate of drug-likeness (QED) is 0.314. The summed E-state index contributed by atoms with van der Waals surface area (Å²) in [4.78, 5) is 19.3. The number of aromatic nitrogens is 2. The van der Waals surface area contributed by atoms with Crippen LogP contribution in [0, 0.1) is 19.7 Å². The molecule has 0 spiro atoms. The zero-order valence-corrected chi connectivity index (χ0v) is 18.9. The number of aryl methyl sites for hydroxylation is 3. The Balaban J connectivity index is 1.47. The van der Waals surface area contributed by atoms with E-state index in [4.69, 9.17) is 4.74 Å². The molecule has 0 radical (unpaired) electrons. The average Bonchev–Trinajstić information content (AvgIpc) is 3.20. The Kier molecular flexibility index (Phi) is 5.92. The first kappa shape index (κ1) is 21.2. The lowest BCUT2D eigenvalue weighted by molar-refractivity contribution is 0.0976. The fourth-order valence-corrected chi connectivity index (χ4v) is 4.58. The largest absolute Gasteiger partial charge is 0.491 e. The van der Waals surface area contributed by atoms with E-state index in [2.05, 4.69) is 4.98 Å². The molecular formula is C25H25FN2O2S. The molecule has 2 aromatic heterocycles. The zero-order valence-electron chi connectivity index (χ0n) is 18.1. The van der Waals surface area contributed by atoms with E-state index in [0.29, 0.717) is 24.1 Å². The number of Topliss-reactive ketones (excluding diaryl/α,β-unsaturated/α-hetero) is 1. The number of halogens is 1. The maximum atomic E-state index is 14.8. The Labute approximate surface area is 185 Å². The molecule has 0 N–H and O–H groups in total. The predicted molar refractivity (Wildman–Crippen MR) is 123 cm³/mol. The van der Waals surface area contributed by atoms with Gasteiger partial charge in [0.2, 0.25) is 0 Å². The summed E-state index contributed by atoms with van der Waals surface area (Å²) >= 11 is 1.57. The second kappa shape index (κ2) is 8.63. The maximum absolute atomic E-state index is 14.8. The summed E-state index contributed by atoms with van der Waals surface area (Å²) in [5.41, 5.74) is 3.49. The fraction of sp³-hybridized carbons (Fsp3) is 0.280. The first-order valence-corrected chi connectivity index (χ1v) is 11.2. The molecule has 0 amide bonds. The number of fused-ring (bicyclic) bond motifs is 1. The highest BCUT2D eigenvalue weighted by atomic mass is 32.1. The third-order valence-electron chi connectivity index (χ3n) is 5.09. The SMILES string of the molecule is Cc1cn2c(C(=O)CCc3ccc(-c4ccc(OC(C)C)cc4)c(F)c3)c(C)nc2s1. The van der Waals surface area contributed by atoms with E-state index in [1.54, 1.807) is 17.4 Å². The second-order valence-electron chi connectivity index (χ2n) is 7.97. The lowest BCUT2D eigenvalue weighted by Crippen LogP contribution is -2.06. The summed E-state index contributed by atoms with van der Waals surface area (Å²) in [6.45, 7) is 7.79. The molecule has 2 aromatic carbocycles. The van der Waals surface area contributed by atoms with Gasteiger partial charge in [-0.2, -0.15) is 0 Å². The van der Waals surface area contributed by atoms with Crippen molar-refractivity contribution in [3.8, 4) is 16.9 Å². The average molecular weight is 437 g/mol. The highest BCUT2D eigenvalue weighted by molar-refractivity contribution is 7.17. The van der Waals surface area contributed by atoms with Gasteiger partial charge in [0.15, 0.2) is 10.7 Å². The Bertz CT molecular complexity index is 1240. The number of benzene rings is 2. The van der Waals surface area contributed by atoms with Crippen molar-refractivity contribution in [3.05, 3.63) is 76.3 Å². The van der Waals surface area contributed by atoms with Crippen LogP contribution in [-0.2, 0) is 6.42 Å². The molecule has 6 heteroatoms. The van der Waals surface area contributed by atoms with Crippen molar-refractivity contribution in [1.29, 1.82) is 0 Å². The minimum Gasteiger partial charge on any atom is -0.491 e. The van der Waals surface area contributed by atoms with Crippen molar-refractivity contribution < 1.29 is 13.9 Å². The molecule has 0 atom stereocenters. The van der Waals surface area contributed by atoms with E-state index in [9.17, 15) is 9.18 Å². The summed E-state index contributed by atoms with van der Waals surface area (Å²) in [5.74, 6) is 0.492. The minimum atomic E-state index is -0.293. The number of ketones is 1. The molecule has 4 nitrogen and oxygen atoms in total. The first-order valence-electron chi connectivity index (χ1n) is 10.4. The number of hydrogen-bond donors (Lipinski definition) is 0. The van der Waals surface area contributed by atoms with Gasteiger partial charge in [0.05, 0.1) is 11.8 Å². The topological polar surface area (TPSA) is 43.6 Å². The van der Waals surface area contributed by atoms with Gasteiger partial charge in [0, 0.05) is 23.1 Å². The summed E-state index contributed by atoms with van der Waals surface area (Å²) < 4.78 is 22.3. The van der Waals surface area contributed by atoms with Crippen molar-refractivity contribution in [2.45, 2.75) is 46.6 Å². The van der Waals surface area contributed by atoms with Gasteiger partial charge in [-0.3, -0.25) is 9.20 Å². The Morgan fingerprint density at radius 1 is 1.16 bits per heavy atom. The monoisotopic (exact) mass is 436 g/mol. The van der Waals surface area contributed by atoms with Gasteiger partial charge in [0.25, 0.3) is 0 Å². The first-order chi connectivity index (χ1) is 14.8. The highest BCUT2D eigenvalue weighted by Gasteiger charge is 2.18. The number of carbonyl (C=O) groups is 1. The molecule has 0 aliphatic carbocycles. The second-order valence-corrected chi connectivity index (χ2v) is 9.18. The zero-order chi connectivity index (χ0) is 22.1. The van der Waals surface area contributed by atoms with Crippen molar-refractivity contribution in [2.24, 2.45) is 0 Å². The van der Waals surface area contributed by atoms with Crippen molar-refractivity contribution in [1.82, 2.24) is 9.38 Å². The number of ether oxygens (including phenoxy) is 1. The maximum Gasteiger partial charge on any atom is 0.194 e. The van der Waals surface area contributed by atoms with Crippen LogP contribution in [0.5, 0.6) is 5.75 Å². The normalized spacial score (nSPS) is 11.4. The van der Waals surface area contributed by atoms with Crippen molar-refractivity contribution >= 4 is 22.1 Å². The Morgan fingerprint density at radius 3 is 2.58 bits per heavy atom. The van der Waals surface area contributed by atoms with Gasteiger partial charge in [0.1, 0.15) is 17.3 Å². The Hall–Kier alpha value is -2.99. The molecule has 4 aromatic rings. The van der Waals surface area contributed by atoms with E-state index in [1.165, 1.54) is 6.07 Å². The van der Waals surface area contributed by atoms with Gasteiger partial charge >= 0.3 is 0 Å². The number of nitrogens with zero attached hydrogens (tertiary/aromatic N) is 2. The molecule has 0 bridgehead atoms. The number of thiazole rings is 1. The summed E-state index contributed by atoms with van der Waals surface area (Å²) in [7, 11) is 0. The van der Waals surface area contributed by atoms with E-state index >= 15 is 0 Å². The van der Waals surface area contributed by atoms with Crippen LogP contribution in [0.15, 0.2) is 48.7 Å². The number of carbonyl (C=O) groups excluding carboxylic acids is 1. The minimum absolute atomic E-state index is 0.0213. The van der Waals surface area contributed by atoms with Gasteiger partial charge < -0.3 is 4.74 Å². The molecule has 4 rings (SSSR count). The van der Waals surface area contributed by atoms with Gasteiger partial charge in [-0.15, -0.1) is 11.3 Å². The smallest absolute Gasteiger partial charge is 0.194 e. The predicted octanol–water partition coefficient (Wildman–Crippen LogP) is 6.42. The van der Waals surface area contributed by atoms with Crippen molar-refractivity contribution in [2.75, 3.05) is 0 Å². The van der Waals surface area contributed by atoms with Crippen LogP contribution >= 0.6 is 11.3 Å². The molecule has 0 aliphatic rings. The summed E-state index contributed by atoms with van der Waals surface area (Å²) in [5, 5.41) is 0. The van der Waals surface area contributed by atoms with Crippen molar-refractivity contribution in [3.63, 3.8) is 0 Å². The van der Waals surface area contributed by atoms with Gasteiger partial charge in [-0.25, -0.2) is 9.37 Å². The van der Waals surface area contributed by atoms with Gasteiger partial charge in [-0.1, -0.05) is 24.3 Å². The lowest BCUT2D eigenvalue weighted by Gasteiger charge is -2.11. The summed E-state index contributed by atoms with van der Waals surface area (Å²) in [6, 6.07) is 12.6. The highest BCUT2D eigenvalue weighted by Crippen LogP contribution is 2.27. The molecule has 0 unspecified atom stereocenters. The molecule has 0 fully saturated rings. The lowest BCUT2D eigenvalue weighted by atomic mass is 10.00. The molecule has 0 saturated heterocycles. The Morgan fingerprint density at radius 2 is 1.90 bits per heavy atom. The van der Waals surface area contributed by atoms with E-state index in [-0.39, 0.29) is 17.7 Å². The third-order valence-corrected chi connectivity index (χ3v) is 5.99. The molecule has 2 heterocycles.